The van der Waals surface area contributed by atoms with Gasteiger partial charge in [-0.05, 0) is 44.1 Å². The minimum atomic E-state index is 0.144. The second-order valence-electron chi connectivity index (χ2n) is 4.87. The number of carbonyl (C=O) groups excluding carboxylic acids is 1. The molecular formula is C14H23N3O. The fourth-order valence-corrected chi connectivity index (χ4v) is 1.69. The average molecular weight is 249 g/mol. The van der Waals surface area contributed by atoms with Gasteiger partial charge in [-0.1, -0.05) is 12.1 Å². The number of rotatable bonds is 6. The number of nitrogens with zero attached hydrogens (tertiary/aromatic N) is 2. The molecule has 1 amide bonds. The van der Waals surface area contributed by atoms with E-state index in [0.29, 0.717) is 6.54 Å². The highest BCUT2D eigenvalue weighted by molar-refractivity contribution is 5.77. The first kappa shape index (κ1) is 14.5. The monoisotopic (exact) mass is 249 g/mol. The number of anilines is 1. The predicted octanol–water partition coefficient (Wildman–Crippen LogP) is 1.22. The number of nitrogens with two attached hydrogens (primary N) is 1. The van der Waals surface area contributed by atoms with E-state index in [9.17, 15) is 4.79 Å². The standard InChI is InChI=1S/C14H23N3O/c1-16(2)14(18)11-17(3)10-4-5-12-6-8-13(15)9-7-12/h6-9H,4-5,10-11,15H2,1-3H3. The summed E-state index contributed by atoms with van der Waals surface area (Å²) in [7, 11) is 5.54. The molecule has 100 valence electrons. The summed E-state index contributed by atoms with van der Waals surface area (Å²) in [6, 6.07) is 7.96. The van der Waals surface area contributed by atoms with Crippen molar-refractivity contribution in [1.29, 1.82) is 0 Å². The molecule has 0 saturated carbocycles. The molecule has 0 spiro atoms. The lowest BCUT2D eigenvalue weighted by Crippen LogP contribution is -2.34. The van der Waals surface area contributed by atoms with Crippen LogP contribution in [0.1, 0.15) is 12.0 Å². The van der Waals surface area contributed by atoms with Crippen LogP contribution >= 0.6 is 0 Å². The SMILES string of the molecule is CN(CCCc1ccc(N)cc1)CC(=O)N(C)C. The Bertz CT molecular complexity index is 373. The molecule has 0 aliphatic carbocycles. The Morgan fingerprint density at radius 1 is 1.17 bits per heavy atom. The van der Waals surface area contributed by atoms with Crippen LogP contribution in [0, 0.1) is 0 Å². The zero-order valence-electron chi connectivity index (χ0n) is 11.5. The van der Waals surface area contributed by atoms with Gasteiger partial charge in [0.25, 0.3) is 0 Å². The highest BCUT2D eigenvalue weighted by atomic mass is 16.2. The molecule has 1 aromatic carbocycles. The molecule has 0 aliphatic rings. The van der Waals surface area contributed by atoms with Crippen LogP contribution in [-0.2, 0) is 11.2 Å². The summed E-state index contributed by atoms with van der Waals surface area (Å²) < 4.78 is 0. The number of aryl methyl sites for hydroxylation is 1. The molecule has 18 heavy (non-hydrogen) atoms. The van der Waals surface area contributed by atoms with Crippen LogP contribution < -0.4 is 5.73 Å². The quantitative estimate of drug-likeness (QED) is 0.771. The van der Waals surface area contributed by atoms with Gasteiger partial charge in [-0.2, -0.15) is 0 Å². The zero-order chi connectivity index (χ0) is 13.5. The van der Waals surface area contributed by atoms with Crippen molar-refractivity contribution in [3.05, 3.63) is 29.8 Å². The van der Waals surface area contributed by atoms with E-state index < -0.39 is 0 Å². The number of likely N-dealkylation sites (N-methyl/N-ethyl adjacent to an activating group) is 2. The van der Waals surface area contributed by atoms with Crippen molar-refractivity contribution >= 4 is 11.6 Å². The van der Waals surface area contributed by atoms with E-state index in [0.717, 1.165) is 25.1 Å². The Labute approximate surface area is 109 Å². The molecule has 0 aromatic heterocycles. The second-order valence-corrected chi connectivity index (χ2v) is 4.87. The van der Waals surface area contributed by atoms with Gasteiger partial charge in [-0.3, -0.25) is 9.69 Å². The Morgan fingerprint density at radius 3 is 2.33 bits per heavy atom. The Balaban J connectivity index is 2.25. The molecule has 0 heterocycles. The molecular weight excluding hydrogens is 226 g/mol. The van der Waals surface area contributed by atoms with Crippen LogP contribution in [0.15, 0.2) is 24.3 Å². The van der Waals surface area contributed by atoms with E-state index in [2.05, 4.69) is 17.0 Å². The van der Waals surface area contributed by atoms with Crippen LogP contribution in [0.4, 0.5) is 5.69 Å². The molecule has 0 radical (unpaired) electrons. The summed E-state index contributed by atoms with van der Waals surface area (Å²) in [5.74, 6) is 0.144. The van der Waals surface area contributed by atoms with Crippen LogP contribution in [0.3, 0.4) is 0 Å². The smallest absolute Gasteiger partial charge is 0.236 e. The van der Waals surface area contributed by atoms with E-state index >= 15 is 0 Å². The maximum atomic E-state index is 11.5. The van der Waals surface area contributed by atoms with E-state index in [1.807, 2.05) is 19.2 Å². The van der Waals surface area contributed by atoms with Gasteiger partial charge in [0.1, 0.15) is 0 Å². The maximum absolute atomic E-state index is 11.5. The van der Waals surface area contributed by atoms with Gasteiger partial charge in [0.15, 0.2) is 0 Å². The third-order valence-corrected chi connectivity index (χ3v) is 2.89. The Morgan fingerprint density at radius 2 is 1.78 bits per heavy atom. The van der Waals surface area contributed by atoms with Gasteiger partial charge in [0, 0.05) is 19.8 Å². The van der Waals surface area contributed by atoms with Gasteiger partial charge < -0.3 is 10.6 Å². The van der Waals surface area contributed by atoms with Crippen molar-refractivity contribution in [3.63, 3.8) is 0 Å². The number of benzene rings is 1. The lowest BCUT2D eigenvalue weighted by atomic mass is 10.1. The predicted molar refractivity (Wildman–Crippen MR) is 75.4 cm³/mol. The Hall–Kier alpha value is -1.55. The molecule has 0 fully saturated rings. The number of carbonyl (C=O) groups is 1. The summed E-state index contributed by atoms with van der Waals surface area (Å²) in [5, 5.41) is 0. The molecule has 0 bridgehead atoms. The van der Waals surface area contributed by atoms with E-state index in [1.54, 1.807) is 19.0 Å². The van der Waals surface area contributed by atoms with E-state index in [-0.39, 0.29) is 5.91 Å². The van der Waals surface area contributed by atoms with Gasteiger partial charge in [0.2, 0.25) is 5.91 Å². The van der Waals surface area contributed by atoms with Crippen LogP contribution in [0.5, 0.6) is 0 Å². The summed E-state index contributed by atoms with van der Waals surface area (Å²) in [4.78, 5) is 15.2. The van der Waals surface area contributed by atoms with Crippen LogP contribution in [0.25, 0.3) is 0 Å². The highest BCUT2D eigenvalue weighted by Gasteiger charge is 2.07. The molecule has 4 nitrogen and oxygen atoms in total. The molecule has 1 rings (SSSR count). The van der Waals surface area contributed by atoms with Gasteiger partial charge in [-0.25, -0.2) is 0 Å². The second kappa shape index (κ2) is 7.01. The first-order valence-electron chi connectivity index (χ1n) is 6.22. The fraction of sp³-hybridized carbons (Fsp3) is 0.500. The maximum Gasteiger partial charge on any atom is 0.236 e. The van der Waals surface area contributed by atoms with Gasteiger partial charge in [-0.15, -0.1) is 0 Å². The fourth-order valence-electron chi connectivity index (χ4n) is 1.69. The molecule has 0 atom stereocenters. The molecule has 2 N–H and O–H groups in total. The van der Waals surface area contributed by atoms with Crippen molar-refractivity contribution in [3.8, 4) is 0 Å². The summed E-state index contributed by atoms with van der Waals surface area (Å²) in [6.45, 7) is 1.40. The Kier molecular flexibility index (Phi) is 5.65. The summed E-state index contributed by atoms with van der Waals surface area (Å²) in [6.07, 6.45) is 2.06. The first-order valence-corrected chi connectivity index (χ1v) is 6.22. The topological polar surface area (TPSA) is 49.6 Å². The highest BCUT2D eigenvalue weighted by Crippen LogP contribution is 2.07. The van der Waals surface area contributed by atoms with Crippen molar-refractivity contribution in [2.24, 2.45) is 0 Å². The normalized spacial score (nSPS) is 10.7. The van der Waals surface area contributed by atoms with Crippen molar-refractivity contribution < 1.29 is 4.79 Å². The van der Waals surface area contributed by atoms with Crippen molar-refractivity contribution in [2.75, 3.05) is 40.0 Å². The molecule has 1 aromatic rings. The first-order chi connectivity index (χ1) is 8.49. The lowest BCUT2D eigenvalue weighted by Gasteiger charge is -2.18. The van der Waals surface area contributed by atoms with Crippen molar-refractivity contribution in [1.82, 2.24) is 9.80 Å². The van der Waals surface area contributed by atoms with Crippen LogP contribution in [-0.4, -0.2) is 49.9 Å². The molecule has 0 unspecified atom stereocenters. The van der Waals surface area contributed by atoms with Crippen LogP contribution in [0.2, 0.25) is 0 Å². The summed E-state index contributed by atoms with van der Waals surface area (Å²) >= 11 is 0. The lowest BCUT2D eigenvalue weighted by molar-refractivity contribution is -0.129. The summed E-state index contributed by atoms with van der Waals surface area (Å²) in [5.41, 5.74) is 7.72. The van der Waals surface area contributed by atoms with E-state index in [1.165, 1.54) is 5.56 Å². The number of hydrogen-bond donors (Lipinski definition) is 1. The van der Waals surface area contributed by atoms with Gasteiger partial charge >= 0.3 is 0 Å². The third kappa shape index (κ3) is 5.19. The molecule has 0 aliphatic heterocycles. The third-order valence-electron chi connectivity index (χ3n) is 2.89. The van der Waals surface area contributed by atoms with Crippen molar-refractivity contribution in [2.45, 2.75) is 12.8 Å². The molecule has 4 heteroatoms. The van der Waals surface area contributed by atoms with E-state index in [4.69, 9.17) is 5.73 Å². The zero-order valence-corrected chi connectivity index (χ0v) is 11.5. The number of nitrogen functional groups attached to an aromatic ring is 1. The number of hydrogen-bond acceptors (Lipinski definition) is 3. The average Bonchev–Trinajstić information content (AvgIpc) is 2.31. The largest absolute Gasteiger partial charge is 0.399 e. The molecule has 0 saturated heterocycles. The minimum Gasteiger partial charge on any atom is -0.399 e. The number of amides is 1. The van der Waals surface area contributed by atoms with Gasteiger partial charge in [0.05, 0.1) is 6.54 Å². The minimum absolute atomic E-state index is 0.144.